The Morgan fingerprint density at radius 3 is 2.52 bits per heavy atom. The quantitative estimate of drug-likeness (QED) is 0.912. The zero-order valence-electron chi connectivity index (χ0n) is 14.3. The van der Waals surface area contributed by atoms with Gasteiger partial charge in [-0.25, -0.2) is 0 Å². The Morgan fingerprint density at radius 2 is 1.84 bits per heavy atom. The molecule has 0 radical (unpaired) electrons. The number of benzene rings is 2. The van der Waals surface area contributed by atoms with Crippen LogP contribution in [0.25, 0.3) is 0 Å². The number of ether oxygens (including phenoxy) is 1. The van der Waals surface area contributed by atoms with Crippen molar-refractivity contribution in [3.63, 3.8) is 0 Å². The molecule has 2 amide bonds. The van der Waals surface area contributed by atoms with Crippen LogP contribution in [-0.2, 0) is 4.79 Å². The number of methoxy groups -OCH3 is 1. The predicted molar refractivity (Wildman–Crippen MR) is 95.5 cm³/mol. The van der Waals surface area contributed by atoms with Crippen LogP contribution in [0, 0.1) is 0 Å². The average Bonchev–Trinajstić information content (AvgIpc) is 3.16. The molecule has 0 aliphatic carbocycles. The lowest BCUT2D eigenvalue weighted by molar-refractivity contribution is -0.131. The van der Waals surface area contributed by atoms with E-state index in [4.69, 9.17) is 4.74 Å². The van der Waals surface area contributed by atoms with Crippen LogP contribution in [0.4, 0.5) is 0 Å². The summed E-state index contributed by atoms with van der Waals surface area (Å²) in [6.07, 6.45) is 1.90. The minimum absolute atomic E-state index is 0.0143. The van der Waals surface area contributed by atoms with E-state index < -0.39 is 0 Å². The first-order valence-electron chi connectivity index (χ1n) is 8.45. The number of likely N-dealkylation sites (tertiary alicyclic amines) is 1. The first-order chi connectivity index (χ1) is 12.2. The molecule has 130 valence electrons. The van der Waals surface area contributed by atoms with Gasteiger partial charge in [-0.15, -0.1) is 0 Å². The van der Waals surface area contributed by atoms with E-state index in [1.54, 1.807) is 31.4 Å². The summed E-state index contributed by atoms with van der Waals surface area (Å²) in [4.78, 5) is 26.5. The molecule has 1 atom stereocenters. The Hall–Kier alpha value is -2.82. The molecule has 3 rings (SSSR count). The maximum absolute atomic E-state index is 12.6. The number of hydrogen-bond acceptors (Lipinski definition) is 3. The second-order valence-corrected chi connectivity index (χ2v) is 6.07. The van der Waals surface area contributed by atoms with E-state index in [0.29, 0.717) is 5.56 Å². The number of nitrogens with zero attached hydrogens (tertiary/aromatic N) is 1. The van der Waals surface area contributed by atoms with E-state index in [-0.39, 0.29) is 24.4 Å². The van der Waals surface area contributed by atoms with Crippen LogP contribution in [0.3, 0.4) is 0 Å². The van der Waals surface area contributed by atoms with Crippen molar-refractivity contribution in [2.75, 3.05) is 20.2 Å². The second kappa shape index (κ2) is 7.83. The van der Waals surface area contributed by atoms with Gasteiger partial charge in [-0.2, -0.15) is 0 Å². The molecule has 0 saturated carbocycles. The van der Waals surface area contributed by atoms with Gasteiger partial charge in [-0.3, -0.25) is 9.59 Å². The zero-order valence-corrected chi connectivity index (χ0v) is 14.3. The summed E-state index contributed by atoms with van der Waals surface area (Å²) in [5.74, 6) is 0.520. The molecule has 0 bridgehead atoms. The summed E-state index contributed by atoms with van der Waals surface area (Å²) in [7, 11) is 1.63. The average molecular weight is 338 g/mol. The molecule has 5 heteroatoms. The lowest BCUT2D eigenvalue weighted by atomic mass is 10.0. The van der Waals surface area contributed by atoms with Gasteiger partial charge in [0.25, 0.3) is 5.91 Å². The SMILES string of the molecule is COc1ccc([C@@H]2CCCN2C(=O)CNC(=O)c2ccccc2)cc1. The first-order valence-corrected chi connectivity index (χ1v) is 8.45. The first kappa shape index (κ1) is 17.0. The molecule has 0 aromatic heterocycles. The van der Waals surface area contributed by atoms with Crippen molar-refractivity contribution in [3.05, 3.63) is 65.7 Å². The zero-order chi connectivity index (χ0) is 17.6. The molecule has 2 aromatic carbocycles. The predicted octanol–water partition coefficient (Wildman–Crippen LogP) is 2.79. The third-order valence-electron chi connectivity index (χ3n) is 4.51. The Labute approximate surface area is 147 Å². The molecule has 1 aliphatic heterocycles. The lowest BCUT2D eigenvalue weighted by Gasteiger charge is -2.25. The smallest absolute Gasteiger partial charge is 0.251 e. The number of rotatable bonds is 5. The highest BCUT2D eigenvalue weighted by atomic mass is 16.5. The van der Waals surface area contributed by atoms with Crippen LogP contribution in [0.2, 0.25) is 0 Å². The van der Waals surface area contributed by atoms with Gasteiger partial charge in [0.2, 0.25) is 5.91 Å². The number of carbonyl (C=O) groups excluding carboxylic acids is 2. The van der Waals surface area contributed by atoms with Gasteiger partial charge in [0.1, 0.15) is 5.75 Å². The summed E-state index contributed by atoms with van der Waals surface area (Å²) >= 11 is 0. The number of amides is 2. The van der Waals surface area contributed by atoms with Gasteiger partial charge < -0.3 is 15.0 Å². The van der Waals surface area contributed by atoms with Crippen LogP contribution in [0.1, 0.15) is 34.8 Å². The molecular weight excluding hydrogens is 316 g/mol. The molecule has 5 nitrogen and oxygen atoms in total. The fourth-order valence-electron chi connectivity index (χ4n) is 3.19. The van der Waals surface area contributed by atoms with Crippen LogP contribution in [-0.4, -0.2) is 36.9 Å². The van der Waals surface area contributed by atoms with Crippen LogP contribution < -0.4 is 10.1 Å². The van der Waals surface area contributed by atoms with E-state index in [2.05, 4.69) is 5.32 Å². The van der Waals surface area contributed by atoms with E-state index in [1.807, 2.05) is 35.2 Å². The fourth-order valence-corrected chi connectivity index (χ4v) is 3.19. The molecular formula is C20H22N2O3. The van der Waals surface area contributed by atoms with Crippen molar-refractivity contribution in [2.45, 2.75) is 18.9 Å². The summed E-state index contributed by atoms with van der Waals surface area (Å²) in [5.41, 5.74) is 1.66. The molecule has 0 spiro atoms. The minimum Gasteiger partial charge on any atom is -0.497 e. The molecule has 1 fully saturated rings. The van der Waals surface area contributed by atoms with E-state index in [9.17, 15) is 9.59 Å². The third kappa shape index (κ3) is 3.99. The van der Waals surface area contributed by atoms with E-state index >= 15 is 0 Å². The van der Waals surface area contributed by atoms with Crippen molar-refractivity contribution < 1.29 is 14.3 Å². The Kier molecular flexibility index (Phi) is 5.33. The van der Waals surface area contributed by atoms with Crippen LogP contribution in [0.5, 0.6) is 5.75 Å². The van der Waals surface area contributed by atoms with Gasteiger partial charge in [0.05, 0.1) is 19.7 Å². The van der Waals surface area contributed by atoms with Crippen molar-refractivity contribution in [2.24, 2.45) is 0 Å². The van der Waals surface area contributed by atoms with E-state index in [1.165, 1.54) is 0 Å². The molecule has 25 heavy (non-hydrogen) atoms. The molecule has 1 aliphatic rings. The van der Waals surface area contributed by atoms with Crippen molar-refractivity contribution >= 4 is 11.8 Å². The van der Waals surface area contributed by atoms with Gasteiger partial charge in [0.15, 0.2) is 0 Å². The van der Waals surface area contributed by atoms with Gasteiger partial charge >= 0.3 is 0 Å². The van der Waals surface area contributed by atoms with Gasteiger partial charge in [0, 0.05) is 12.1 Å². The molecule has 2 aromatic rings. The molecule has 1 N–H and O–H groups in total. The lowest BCUT2D eigenvalue weighted by Crippen LogP contribution is -2.39. The van der Waals surface area contributed by atoms with Crippen LogP contribution >= 0.6 is 0 Å². The highest BCUT2D eigenvalue weighted by Gasteiger charge is 2.29. The largest absolute Gasteiger partial charge is 0.497 e. The number of carbonyl (C=O) groups is 2. The Bertz CT molecular complexity index is 728. The summed E-state index contributed by atoms with van der Waals surface area (Å²) < 4.78 is 5.19. The third-order valence-corrected chi connectivity index (χ3v) is 4.51. The maximum atomic E-state index is 12.6. The molecule has 0 unspecified atom stereocenters. The minimum atomic E-state index is -0.228. The topological polar surface area (TPSA) is 58.6 Å². The van der Waals surface area contributed by atoms with Gasteiger partial charge in [-0.1, -0.05) is 30.3 Å². The standard InChI is InChI=1S/C20H22N2O3/c1-25-17-11-9-15(10-12-17)18-8-5-13-22(18)19(23)14-21-20(24)16-6-3-2-4-7-16/h2-4,6-7,9-12,18H,5,8,13-14H2,1H3,(H,21,24)/t18-/m0/s1. The van der Waals surface area contributed by atoms with Crippen LogP contribution in [0.15, 0.2) is 54.6 Å². The van der Waals surface area contributed by atoms with Gasteiger partial charge in [-0.05, 0) is 42.7 Å². The summed E-state index contributed by atoms with van der Waals surface area (Å²) in [6, 6.07) is 16.8. The molecule has 1 saturated heterocycles. The monoisotopic (exact) mass is 338 g/mol. The molecule has 1 heterocycles. The fraction of sp³-hybridized carbons (Fsp3) is 0.300. The number of hydrogen-bond donors (Lipinski definition) is 1. The van der Waals surface area contributed by atoms with E-state index in [0.717, 1.165) is 30.7 Å². The Morgan fingerprint density at radius 1 is 1.12 bits per heavy atom. The Balaban J connectivity index is 1.61. The second-order valence-electron chi connectivity index (χ2n) is 6.07. The number of nitrogens with one attached hydrogen (secondary N) is 1. The normalized spacial score (nSPS) is 16.5. The maximum Gasteiger partial charge on any atom is 0.251 e. The highest BCUT2D eigenvalue weighted by Crippen LogP contribution is 2.32. The highest BCUT2D eigenvalue weighted by molar-refractivity contribution is 5.96. The van der Waals surface area contributed by atoms with Crippen molar-refractivity contribution in [1.29, 1.82) is 0 Å². The van der Waals surface area contributed by atoms with Crippen molar-refractivity contribution in [1.82, 2.24) is 10.2 Å². The van der Waals surface area contributed by atoms with Crippen molar-refractivity contribution in [3.8, 4) is 5.75 Å². The summed E-state index contributed by atoms with van der Waals surface area (Å²) in [5, 5.41) is 2.72. The summed E-state index contributed by atoms with van der Waals surface area (Å²) in [6.45, 7) is 0.733.